The minimum absolute atomic E-state index is 0.0134. The summed E-state index contributed by atoms with van der Waals surface area (Å²) >= 11 is 0. The number of halogens is 4. The van der Waals surface area contributed by atoms with Gasteiger partial charge in [0.05, 0.1) is 17.2 Å². The average Bonchev–Trinajstić information content (AvgIpc) is 3.38. The number of sulfonamides is 1. The van der Waals surface area contributed by atoms with Crippen LogP contribution in [0.3, 0.4) is 0 Å². The summed E-state index contributed by atoms with van der Waals surface area (Å²) in [6, 6.07) is 7.26. The number of benzene rings is 2. The number of aromatic nitrogens is 1. The number of ether oxygens (including phenoxy) is 1. The largest absolute Gasteiger partial charge is 0.483 e. The molecule has 2 heterocycles. The highest BCUT2D eigenvalue weighted by Gasteiger charge is 2.45. The number of oxazole rings is 1. The highest BCUT2D eigenvalue weighted by molar-refractivity contribution is 7.88. The summed E-state index contributed by atoms with van der Waals surface area (Å²) in [6.45, 7) is -0.209. The van der Waals surface area contributed by atoms with Gasteiger partial charge in [0.2, 0.25) is 15.9 Å². The van der Waals surface area contributed by atoms with E-state index < -0.39 is 33.0 Å². The van der Waals surface area contributed by atoms with Crippen LogP contribution in [0.15, 0.2) is 47.1 Å². The molecule has 0 unspecified atom stereocenters. The SMILES string of the molecule is CS(=O)(=O)N[C@H]1CC[C@@]2(Cc3ccc(C(F)(F)F)c(c3)-c3cccc(F)c3OCc3coc2n3)C1. The Kier molecular flexibility index (Phi) is 5.67. The lowest BCUT2D eigenvalue weighted by Crippen LogP contribution is -2.35. The van der Waals surface area contributed by atoms with Crippen molar-refractivity contribution >= 4 is 10.0 Å². The Bertz CT molecular complexity index is 1390. The van der Waals surface area contributed by atoms with Crippen molar-refractivity contribution in [2.24, 2.45) is 0 Å². The maximum absolute atomic E-state index is 14.7. The molecule has 2 atom stereocenters. The summed E-state index contributed by atoms with van der Waals surface area (Å²) in [7, 11) is -3.45. The quantitative estimate of drug-likeness (QED) is 0.492. The lowest BCUT2D eigenvalue weighted by molar-refractivity contribution is -0.137. The second kappa shape index (κ2) is 8.34. The Balaban J connectivity index is 1.67. The maximum Gasteiger partial charge on any atom is 0.417 e. The van der Waals surface area contributed by atoms with Crippen molar-refractivity contribution < 1.29 is 35.1 Å². The van der Waals surface area contributed by atoms with Crippen molar-refractivity contribution in [2.75, 3.05) is 6.26 Å². The van der Waals surface area contributed by atoms with Gasteiger partial charge in [0, 0.05) is 11.6 Å². The highest BCUT2D eigenvalue weighted by Crippen LogP contribution is 2.47. The maximum atomic E-state index is 14.7. The number of para-hydroxylation sites is 1. The molecule has 0 amide bonds. The molecule has 1 saturated carbocycles. The monoisotopic (exact) mass is 510 g/mol. The molecule has 6 nitrogen and oxygen atoms in total. The predicted molar refractivity (Wildman–Crippen MR) is 119 cm³/mol. The summed E-state index contributed by atoms with van der Waals surface area (Å²) in [4.78, 5) is 4.54. The number of hydrogen-bond donors (Lipinski definition) is 1. The predicted octanol–water partition coefficient (Wildman–Crippen LogP) is 4.97. The molecule has 1 aliphatic carbocycles. The Morgan fingerprint density at radius 2 is 1.97 bits per heavy atom. The Morgan fingerprint density at radius 1 is 1.17 bits per heavy atom. The van der Waals surface area contributed by atoms with Crippen LogP contribution in [0.2, 0.25) is 0 Å². The lowest BCUT2D eigenvalue weighted by Gasteiger charge is -2.27. The zero-order chi connectivity index (χ0) is 25.0. The van der Waals surface area contributed by atoms with Gasteiger partial charge in [-0.3, -0.25) is 0 Å². The summed E-state index contributed by atoms with van der Waals surface area (Å²) in [5.41, 5.74) is -0.922. The number of hydrogen-bond acceptors (Lipinski definition) is 5. The average molecular weight is 511 g/mol. The third-order valence-electron chi connectivity index (χ3n) is 6.55. The Labute approximate surface area is 199 Å². The minimum Gasteiger partial charge on any atom is -0.483 e. The Morgan fingerprint density at radius 3 is 2.71 bits per heavy atom. The van der Waals surface area contributed by atoms with Crippen LogP contribution in [-0.2, 0) is 34.6 Å². The van der Waals surface area contributed by atoms with Gasteiger partial charge in [-0.2, -0.15) is 13.2 Å². The van der Waals surface area contributed by atoms with Crippen LogP contribution >= 0.6 is 0 Å². The van der Waals surface area contributed by atoms with Crippen molar-refractivity contribution in [2.45, 2.75) is 49.9 Å². The number of nitrogens with zero attached hydrogens (tertiary/aromatic N) is 1. The minimum atomic E-state index is -4.67. The van der Waals surface area contributed by atoms with Crippen LogP contribution in [0.4, 0.5) is 17.6 Å². The van der Waals surface area contributed by atoms with E-state index in [0.717, 1.165) is 18.4 Å². The van der Waals surface area contributed by atoms with E-state index in [1.54, 1.807) is 0 Å². The second-order valence-corrected chi connectivity index (χ2v) is 11.0. The normalized spacial score (nSPS) is 22.3. The first kappa shape index (κ1) is 23.8. The van der Waals surface area contributed by atoms with Crippen LogP contribution in [0.5, 0.6) is 5.75 Å². The summed E-state index contributed by atoms with van der Waals surface area (Å²) in [6.07, 6.45) is -0.542. The molecule has 1 aliphatic heterocycles. The van der Waals surface area contributed by atoms with Gasteiger partial charge in [-0.15, -0.1) is 0 Å². The molecular weight excluding hydrogens is 488 g/mol. The summed E-state index contributed by atoms with van der Waals surface area (Å²) in [5.74, 6) is -0.735. The molecule has 35 heavy (non-hydrogen) atoms. The van der Waals surface area contributed by atoms with E-state index in [1.807, 2.05) is 0 Å². The fourth-order valence-electron chi connectivity index (χ4n) is 5.15. The Hall–Kier alpha value is -2.92. The third-order valence-corrected chi connectivity index (χ3v) is 7.31. The van der Waals surface area contributed by atoms with Gasteiger partial charge in [-0.1, -0.05) is 24.3 Å². The number of rotatable bonds is 2. The molecule has 186 valence electrons. The molecule has 0 saturated heterocycles. The third kappa shape index (κ3) is 4.66. The lowest BCUT2D eigenvalue weighted by atomic mass is 9.78. The second-order valence-electron chi connectivity index (χ2n) is 9.21. The van der Waals surface area contributed by atoms with Gasteiger partial charge in [0.1, 0.15) is 18.6 Å². The van der Waals surface area contributed by atoms with Gasteiger partial charge in [-0.25, -0.2) is 22.5 Å². The van der Waals surface area contributed by atoms with E-state index >= 15 is 0 Å². The first-order chi connectivity index (χ1) is 16.4. The first-order valence-electron chi connectivity index (χ1n) is 11.0. The molecule has 2 aromatic carbocycles. The van der Waals surface area contributed by atoms with E-state index in [2.05, 4.69) is 9.71 Å². The number of fused-ring (bicyclic) bond motifs is 7. The van der Waals surface area contributed by atoms with Gasteiger partial charge in [0.15, 0.2) is 11.6 Å². The van der Waals surface area contributed by atoms with E-state index in [9.17, 15) is 26.0 Å². The highest BCUT2D eigenvalue weighted by atomic mass is 32.2. The van der Waals surface area contributed by atoms with E-state index in [1.165, 1.54) is 30.5 Å². The molecule has 5 rings (SSSR count). The molecule has 11 heteroatoms. The van der Waals surface area contributed by atoms with Gasteiger partial charge in [-0.05, 0) is 48.9 Å². The first-order valence-corrected chi connectivity index (χ1v) is 12.9. The fourth-order valence-corrected chi connectivity index (χ4v) is 5.96. The van der Waals surface area contributed by atoms with Crippen LogP contribution in [0, 0.1) is 5.82 Å². The van der Waals surface area contributed by atoms with E-state index in [-0.39, 0.29) is 35.9 Å². The molecular formula is C24H22F4N2O4S. The van der Waals surface area contributed by atoms with Crippen LogP contribution < -0.4 is 9.46 Å². The zero-order valence-corrected chi connectivity index (χ0v) is 19.5. The van der Waals surface area contributed by atoms with Crippen LogP contribution in [-0.4, -0.2) is 25.7 Å². The molecule has 2 aliphatic rings. The molecule has 4 bridgehead atoms. The van der Waals surface area contributed by atoms with Crippen molar-refractivity contribution in [1.82, 2.24) is 9.71 Å². The fraction of sp³-hybridized carbons (Fsp3) is 0.375. The number of alkyl halides is 3. The van der Waals surface area contributed by atoms with Gasteiger partial charge in [0.25, 0.3) is 0 Å². The molecule has 1 N–H and O–H groups in total. The van der Waals surface area contributed by atoms with Crippen LogP contribution in [0.1, 0.15) is 42.0 Å². The molecule has 1 spiro atoms. The van der Waals surface area contributed by atoms with Crippen LogP contribution in [0.25, 0.3) is 11.1 Å². The van der Waals surface area contributed by atoms with Crippen molar-refractivity contribution in [3.63, 3.8) is 0 Å². The zero-order valence-electron chi connectivity index (χ0n) is 18.7. The summed E-state index contributed by atoms with van der Waals surface area (Å²) < 4.78 is 94.1. The molecule has 1 fully saturated rings. The van der Waals surface area contributed by atoms with Crippen molar-refractivity contribution in [1.29, 1.82) is 0 Å². The van der Waals surface area contributed by atoms with Crippen molar-refractivity contribution in [3.05, 3.63) is 71.2 Å². The van der Waals surface area contributed by atoms with E-state index in [0.29, 0.717) is 36.4 Å². The number of nitrogens with one attached hydrogen (secondary N) is 1. The standard InChI is InChI=1S/C24H22F4N2O4S/c1-35(31,32)30-15-7-8-23(11-15)10-14-5-6-19(24(26,27)28)18(9-14)17-3-2-4-20(25)21(17)33-12-16-13-34-22(23)29-16/h2-6,9,13,15,30H,7-8,10-12H2,1H3/t15-,23+/m0/s1. The van der Waals surface area contributed by atoms with E-state index in [4.69, 9.17) is 9.15 Å². The molecule has 3 aromatic rings. The van der Waals surface area contributed by atoms with Gasteiger partial charge >= 0.3 is 6.18 Å². The molecule has 0 radical (unpaired) electrons. The smallest absolute Gasteiger partial charge is 0.417 e. The summed E-state index contributed by atoms with van der Waals surface area (Å²) in [5, 5.41) is 0. The van der Waals surface area contributed by atoms with Crippen molar-refractivity contribution in [3.8, 4) is 16.9 Å². The topological polar surface area (TPSA) is 81.4 Å². The van der Waals surface area contributed by atoms with Gasteiger partial charge < -0.3 is 9.15 Å². The molecule has 1 aromatic heterocycles.